The Bertz CT molecular complexity index is 597. The molecule has 2 aliphatic rings. The van der Waals surface area contributed by atoms with Crippen molar-refractivity contribution < 1.29 is 14.3 Å². The maximum absolute atomic E-state index is 12.1. The molecule has 124 valence electrons. The van der Waals surface area contributed by atoms with Crippen molar-refractivity contribution in [3.63, 3.8) is 0 Å². The molecule has 6 heteroatoms. The highest BCUT2D eigenvalue weighted by molar-refractivity contribution is 5.99. The van der Waals surface area contributed by atoms with E-state index in [2.05, 4.69) is 16.0 Å². The molecule has 0 spiro atoms. The second-order valence-electron chi connectivity index (χ2n) is 6.24. The standard InChI is InChI=1S/C17H23N3O3/c1-11-17(22)20-14-10-13(3-4-15(14)23-11)19-16(21)5-2-12-6-8-18-9-7-12/h3-4,10-12,18H,2,5-9H2,1H3,(H,19,21)(H,20,22). The number of ether oxygens (including phenoxy) is 1. The Hall–Kier alpha value is -2.08. The smallest absolute Gasteiger partial charge is 0.265 e. The zero-order valence-corrected chi connectivity index (χ0v) is 13.4. The number of fused-ring (bicyclic) bond motifs is 1. The van der Waals surface area contributed by atoms with Crippen LogP contribution in [0.2, 0.25) is 0 Å². The van der Waals surface area contributed by atoms with E-state index in [1.54, 1.807) is 25.1 Å². The van der Waals surface area contributed by atoms with Gasteiger partial charge in [-0.3, -0.25) is 9.59 Å². The summed E-state index contributed by atoms with van der Waals surface area (Å²) in [5.41, 5.74) is 1.28. The molecule has 1 atom stereocenters. The molecule has 3 N–H and O–H groups in total. The molecule has 6 nitrogen and oxygen atoms in total. The van der Waals surface area contributed by atoms with Crippen molar-refractivity contribution in [2.24, 2.45) is 5.92 Å². The molecule has 3 rings (SSSR count). The van der Waals surface area contributed by atoms with Crippen LogP contribution in [0, 0.1) is 5.92 Å². The maximum Gasteiger partial charge on any atom is 0.265 e. The van der Waals surface area contributed by atoms with Gasteiger partial charge in [-0.15, -0.1) is 0 Å². The van der Waals surface area contributed by atoms with E-state index in [4.69, 9.17) is 4.74 Å². The van der Waals surface area contributed by atoms with E-state index in [-0.39, 0.29) is 11.8 Å². The monoisotopic (exact) mass is 317 g/mol. The number of hydrogen-bond acceptors (Lipinski definition) is 4. The second kappa shape index (κ2) is 7.00. The largest absolute Gasteiger partial charge is 0.479 e. The second-order valence-corrected chi connectivity index (χ2v) is 6.24. The Morgan fingerprint density at radius 2 is 2.13 bits per heavy atom. The molecule has 0 aliphatic carbocycles. The summed E-state index contributed by atoms with van der Waals surface area (Å²) in [6.07, 6.45) is 3.26. The molecule has 0 radical (unpaired) electrons. The van der Waals surface area contributed by atoms with Crippen LogP contribution in [0.25, 0.3) is 0 Å². The van der Waals surface area contributed by atoms with Gasteiger partial charge in [0.1, 0.15) is 5.75 Å². The molecule has 23 heavy (non-hydrogen) atoms. The first-order valence-corrected chi connectivity index (χ1v) is 8.24. The summed E-state index contributed by atoms with van der Waals surface area (Å²) in [6, 6.07) is 5.31. The van der Waals surface area contributed by atoms with Gasteiger partial charge in [0.2, 0.25) is 5.91 Å². The van der Waals surface area contributed by atoms with Gasteiger partial charge in [0.05, 0.1) is 5.69 Å². The minimum absolute atomic E-state index is 0.0138. The number of anilines is 2. The average molecular weight is 317 g/mol. The van der Waals surface area contributed by atoms with Gasteiger partial charge in [-0.2, -0.15) is 0 Å². The van der Waals surface area contributed by atoms with E-state index < -0.39 is 6.10 Å². The van der Waals surface area contributed by atoms with E-state index >= 15 is 0 Å². The number of hydrogen-bond donors (Lipinski definition) is 3. The van der Waals surface area contributed by atoms with Gasteiger partial charge >= 0.3 is 0 Å². The molecule has 1 unspecified atom stereocenters. The predicted molar refractivity (Wildman–Crippen MR) is 88.6 cm³/mol. The Morgan fingerprint density at radius 3 is 2.91 bits per heavy atom. The van der Waals surface area contributed by atoms with E-state index in [9.17, 15) is 9.59 Å². The topological polar surface area (TPSA) is 79.5 Å². The molecule has 2 heterocycles. The number of carbonyl (C=O) groups excluding carboxylic acids is 2. The summed E-state index contributed by atoms with van der Waals surface area (Å²) in [7, 11) is 0. The van der Waals surface area contributed by atoms with E-state index in [1.165, 1.54) is 0 Å². The minimum Gasteiger partial charge on any atom is -0.479 e. The summed E-state index contributed by atoms with van der Waals surface area (Å²) in [5, 5.41) is 9.01. The van der Waals surface area contributed by atoms with Crippen LogP contribution in [0.5, 0.6) is 5.75 Å². The first-order chi connectivity index (χ1) is 11.1. The van der Waals surface area contributed by atoms with Crippen molar-refractivity contribution in [3.05, 3.63) is 18.2 Å². The average Bonchev–Trinajstić information content (AvgIpc) is 2.55. The Labute approximate surface area is 136 Å². The lowest BCUT2D eigenvalue weighted by molar-refractivity contribution is -0.122. The zero-order chi connectivity index (χ0) is 16.2. The number of carbonyl (C=O) groups is 2. The predicted octanol–water partition coefficient (Wildman–Crippen LogP) is 2.12. The number of piperidine rings is 1. The van der Waals surface area contributed by atoms with Gasteiger partial charge < -0.3 is 20.7 Å². The highest BCUT2D eigenvalue weighted by Gasteiger charge is 2.23. The van der Waals surface area contributed by atoms with Crippen molar-refractivity contribution in [2.75, 3.05) is 23.7 Å². The maximum atomic E-state index is 12.1. The highest BCUT2D eigenvalue weighted by Crippen LogP contribution is 2.32. The zero-order valence-electron chi connectivity index (χ0n) is 13.4. The fraction of sp³-hybridized carbons (Fsp3) is 0.529. The number of benzene rings is 1. The van der Waals surface area contributed by atoms with Crippen molar-refractivity contribution >= 4 is 23.2 Å². The SMILES string of the molecule is CC1Oc2ccc(NC(=O)CCC3CCNCC3)cc2NC1=O. The quantitative estimate of drug-likeness (QED) is 0.795. The summed E-state index contributed by atoms with van der Waals surface area (Å²) in [4.78, 5) is 23.7. The van der Waals surface area contributed by atoms with E-state index in [0.717, 1.165) is 32.4 Å². The third-order valence-corrected chi connectivity index (χ3v) is 4.43. The lowest BCUT2D eigenvalue weighted by atomic mass is 9.93. The molecule has 2 amide bonds. The molecule has 0 aromatic heterocycles. The lowest BCUT2D eigenvalue weighted by Crippen LogP contribution is -2.34. The molecule has 2 aliphatic heterocycles. The molecule has 1 aromatic rings. The third-order valence-electron chi connectivity index (χ3n) is 4.43. The molecule has 1 saturated heterocycles. The normalized spacial score (nSPS) is 21.1. The summed E-state index contributed by atoms with van der Waals surface area (Å²) >= 11 is 0. The van der Waals surface area contributed by atoms with Gasteiger partial charge in [0.15, 0.2) is 6.10 Å². The van der Waals surface area contributed by atoms with Crippen LogP contribution in [0.1, 0.15) is 32.6 Å². The third kappa shape index (κ3) is 4.01. The van der Waals surface area contributed by atoms with Crippen LogP contribution in [0.3, 0.4) is 0 Å². The summed E-state index contributed by atoms with van der Waals surface area (Å²) in [5.74, 6) is 1.11. The Morgan fingerprint density at radius 1 is 1.35 bits per heavy atom. The van der Waals surface area contributed by atoms with Crippen LogP contribution in [-0.2, 0) is 9.59 Å². The number of rotatable bonds is 4. The molecule has 0 saturated carbocycles. The van der Waals surface area contributed by atoms with Crippen LogP contribution >= 0.6 is 0 Å². The number of amides is 2. The Balaban J connectivity index is 1.54. The van der Waals surface area contributed by atoms with Crippen LogP contribution in [0.4, 0.5) is 11.4 Å². The molecule has 1 aromatic carbocycles. The first-order valence-electron chi connectivity index (χ1n) is 8.24. The van der Waals surface area contributed by atoms with Gasteiger partial charge in [-0.1, -0.05) is 0 Å². The number of nitrogens with one attached hydrogen (secondary N) is 3. The molecule has 0 bridgehead atoms. The fourth-order valence-electron chi connectivity index (χ4n) is 3.02. The molecule has 1 fully saturated rings. The van der Waals surface area contributed by atoms with E-state index in [0.29, 0.717) is 29.5 Å². The Kier molecular flexibility index (Phi) is 4.81. The van der Waals surface area contributed by atoms with Crippen LogP contribution in [-0.4, -0.2) is 31.0 Å². The van der Waals surface area contributed by atoms with E-state index in [1.807, 2.05) is 0 Å². The summed E-state index contributed by atoms with van der Waals surface area (Å²) < 4.78 is 5.50. The molecular weight excluding hydrogens is 294 g/mol. The lowest BCUT2D eigenvalue weighted by Gasteiger charge is -2.24. The van der Waals surface area contributed by atoms with Gasteiger partial charge in [0, 0.05) is 12.1 Å². The fourth-order valence-corrected chi connectivity index (χ4v) is 3.02. The molecular formula is C17H23N3O3. The first kappa shape index (κ1) is 15.8. The summed E-state index contributed by atoms with van der Waals surface area (Å²) in [6.45, 7) is 3.80. The van der Waals surface area contributed by atoms with Gasteiger partial charge in [0.25, 0.3) is 5.91 Å². The van der Waals surface area contributed by atoms with Crippen molar-refractivity contribution in [2.45, 2.75) is 38.7 Å². The van der Waals surface area contributed by atoms with Crippen molar-refractivity contribution in [1.82, 2.24) is 5.32 Å². The van der Waals surface area contributed by atoms with Crippen LogP contribution < -0.4 is 20.7 Å². The van der Waals surface area contributed by atoms with Gasteiger partial charge in [-0.05, 0) is 63.4 Å². The van der Waals surface area contributed by atoms with Crippen molar-refractivity contribution in [3.8, 4) is 5.75 Å². The van der Waals surface area contributed by atoms with Crippen LogP contribution in [0.15, 0.2) is 18.2 Å². The minimum atomic E-state index is -0.493. The van der Waals surface area contributed by atoms with Crippen molar-refractivity contribution in [1.29, 1.82) is 0 Å². The highest BCUT2D eigenvalue weighted by atomic mass is 16.5. The van der Waals surface area contributed by atoms with Gasteiger partial charge in [-0.25, -0.2) is 0 Å².